The molecule has 0 aliphatic carbocycles. The number of nitrogens with zero attached hydrogens (tertiary/aromatic N) is 3. The van der Waals surface area contributed by atoms with Gasteiger partial charge in [-0.05, 0) is 60.9 Å². The van der Waals surface area contributed by atoms with Crippen LogP contribution in [0.15, 0.2) is 113 Å². The van der Waals surface area contributed by atoms with Gasteiger partial charge in [0.25, 0.3) is 5.91 Å². The number of benzene rings is 4. The van der Waals surface area contributed by atoms with Crippen molar-refractivity contribution in [2.45, 2.75) is 37.4 Å². The summed E-state index contributed by atoms with van der Waals surface area (Å²) < 4.78 is 21.9. The Morgan fingerprint density at radius 3 is 2.50 bits per heavy atom. The minimum Gasteiger partial charge on any atom is -0.489 e. The lowest BCUT2D eigenvalue weighted by atomic mass is 9.95. The van der Waals surface area contributed by atoms with Crippen LogP contribution in [0.2, 0.25) is 5.02 Å². The van der Waals surface area contributed by atoms with Gasteiger partial charge in [-0.1, -0.05) is 90.1 Å². The van der Waals surface area contributed by atoms with Crippen LogP contribution in [0.4, 0.5) is 16.0 Å². The third-order valence-electron chi connectivity index (χ3n) is 7.32. The van der Waals surface area contributed by atoms with Crippen molar-refractivity contribution in [2.24, 2.45) is 0 Å². The third-order valence-corrected chi connectivity index (χ3v) is 8.59. The topological polar surface area (TPSA) is 81.1 Å². The van der Waals surface area contributed by atoms with Crippen molar-refractivity contribution < 1.29 is 13.9 Å². The molecule has 6 rings (SSSR count). The van der Waals surface area contributed by atoms with E-state index in [0.29, 0.717) is 38.9 Å². The number of carbonyl (C=O) groups excluding carboxylic acids is 1. The molecule has 0 radical (unpaired) electrons. The lowest BCUT2D eigenvalue weighted by Crippen LogP contribution is -2.31. The number of allylic oxidation sites excluding steroid dienone is 1. The van der Waals surface area contributed by atoms with Crippen molar-refractivity contribution in [2.75, 3.05) is 10.6 Å². The molecular formula is C34H29ClFN5O2S. The van der Waals surface area contributed by atoms with Crippen molar-refractivity contribution in [3.63, 3.8) is 0 Å². The van der Waals surface area contributed by atoms with Crippen LogP contribution in [0, 0.1) is 12.7 Å². The molecule has 1 atom stereocenters. The number of carbonyl (C=O) groups is 1. The maximum atomic E-state index is 14.3. The van der Waals surface area contributed by atoms with Crippen LogP contribution in [0.1, 0.15) is 35.2 Å². The number of nitrogens with one attached hydrogen (secondary N) is 2. The minimum absolute atomic E-state index is 0.0173. The molecule has 0 saturated carbocycles. The molecule has 0 bridgehead atoms. The Bertz CT molecular complexity index is 1820. The zero-order valence-electron chi connectivity index (χ0n) is 24.1. The summed E-state index contributed by atoms with van der Waals surface area (Å²) in [5.41, 5.74) is 5.13. The standard InChI is InChI=1S/C34H29ClFN5O2S/c1-21-9-6-7-14-29(21)38-32(42)30-22(2)37-33-39-34(44-20-23-10-4-3-5-11-23)40-41(33)31(30)24-15-17-25(18-16-24)43-19-26-27(35)12-8-13-28(26)36/h3-18,31H,19-20H2,1-2H3,(H,38,42)(H,37,39,40). The van der Waals surface area contributed by atoms with Crippen LogP contribution in [0.25, 0.3) is 0 Å². The summed E-state index contributed by atoms with van der Waals surface area (Å²) in [6, 6.07) is 29.1. The van der Waals surface area contributed by atoms with Crippen LogP contribution in [-0.4, -0.2) is 20.7 Å². The van der Waals surface area contributed by atoms with Gasteiger partial charge < -0.3 is 15.4 Å². The summed E-state index contributed by atoms with van der Waals surface area (Å²) in [6.45, 7) is 3.80. The highest BCUT2D eigenvalue weighted by molar-refractivity contribution is 7.98. The van der Waals surface area contributed by atoms with E-state index in [4.69, 9.17) is 26.4 Å². The number of thioether (sulfide) groups is 1. The summed E-state index contributed by atoms with van der Waals surface area (Å²) in [4.78, 5) is 18.6. The lowest BCUT2D eigenvalue weighted by Gasteiger charge is -2.29. The number of halogens is 2. The Balaban J connectivity index is 1.30. The number of para-hydroxylation sites is 1. The fourth-order valence-electron chi connectivity index (χ4n) is 4.99. The van der Waals surface area contributed by atoms with E-state index >= 15 is 0 Å². The highest BCUT2D eigenvalue weighted by Crippen LogP contribution is 2.38. The van der Waals surface area contributed by atoms with Crippen molar-refractivity contribution >= 4 is 40.9 Å². The number of amides is 1. The second kappa shape index (κ2) is 13.0. The molecular weight excluding hydrogens is 597 g/mol. The molecule has 44 heavy (non-hydrogen) atoms. The van der Waals surface area contributed by atoms with Gasteiger partial charge in [-0.25, -0.2) is 9.07 Å². The first-order valence-corrected chi connectivity index (χ1v) is 15.4. The number of aromatic nitrogens is 3. The van der Waals surface area contributed by atoms with Crippen molar-refractivity contribution in [3.05, 3.63) is 141 Å². The van der Waals surface area contributed by atoms with Gasteiger partial charge in [-0.3, -0.25) is 4.79 Å². The fraction of sp³-hybridized carbons (Fsp3) is 0.147. The van der Waals surface area contributed by atoms with E-state index in [2.05, 4.69) is 22.8 Å². The Morgan fingerprint density at radius 1 is 1.00 bits per heavy atom. The van der Waals surface area contributed by atoms with Crippen LogP contribution < -0.4 is 15.4 Å². The van der Waals surface area contributed by atoms with E-state index in [-0.39, 0.29) is 18.1 Å². The van der Waals surface area contributed by atoms with Crippen LogP contribution in [0.5, 0.6) is 5.75 Å². The summed E-state index contributed by atoms with van der Waals surface area (Å²) in [6.07, 6.45) is 0. The second-order valence-electron chi connectivity index (χ2n) is 10.3. The molecule has 1 aliphatic rings. The molecule has 0 fully saturated rings. The highest BCUT2D eigenvalue weighted by Gasteiger charge is 2.34. The van der Waals surface area contributed by atoms with E-state index in [1.807, 2.05) is 68.4 Å². The number of anilines is 2. The maximum Gasteiger partial charge on any atom is 0.255 e. The SMILES string of the molecule is CC1=C(C(=O)Nc2ccccc2C)C(c2ccc(OCc3c(F)cccc3Cl)cc2)n2nc(SCc3ccccc3)nc2N1. The molecule has 2 heterocycles. The Kier molecular flexibility index (Phi) is 8.67. The highest BCUT2D eigenvalue weighted by atomic mass is 35.5. The first kappa shape index (κ1) is 29.5. The molecule has 1 aromatic heterocycles. The van der Waals surface area contributed by atoms with Crippen LogP contribution in [0.3, 0.4) is 0 Å². The van der Waals surface area contributed by atoms with Crippen molar-refractivity contribution in [1.82, 2.24) is 14.8 Å². The lowest BCUT2D eigenvalue weighted by molar-refractivity contribution is -0.113. The van der Waals surface area contributed by atoms with E-state index in [0.717, 1.165) is 22.4 Å². The number of rotatable bonds is 9. The van der Waals surface area contributed by atoms with E-state index in [1.54, 1.807) is 28.9 Å². The van der Waals surface area contributed by atoms with E-state index in [9.17, 15) is 9.18 Å². The Labute approximate surface area is 264 Å². The van der Waals surface area contributed by atoms with Gasteiger partial charge in [0.1, 0.15) is 24.2 Å². The molecule has 10 heteroatoms. The number of fused-ring (bicyclic) bond motifs is 1. The predicted molar refractivity (Wildman–Crippen MR) is 172 cm³/mol. The predicted octanol–water partition coefficient (Wildman–Crippen LogP) is 8.18. The number of hydrogen-bond acceptors (Lipinski definition) is 6. The zero-order valence-corrected chi connectivity index (χ0v) is 25.6. The fourth-order valence-corrected chi connectivity index (χ4v) is 5.99. The molecule has 1 unspecified atom stereocenters. The maximum absolute atomic E-state index is 14.3. The number of ether oxygens (including phenoxy) is 1. The summed E-state index contributed by atoms with van der Waals surface area (Å²) in [5.74, 6) is 1.12. The summed E-state index contributed by atoms with van der Waals surface area (Å²) >= 11 is 7.70. The van der Waals surface area contributed by atoms with Crippen molar-refractivity contribution in [1.29, 1.82) is 0 Å². The normalized spacial score (nSPS) is 14.1. The molecule has 1 aliphatic heterocycles. The average Bonchev–Trinajstić information content (AvgIpc) is 3.43. The minimum atomic E-state index is -0.566. The number of aryl methyl sites for hydroxylation is 1. The van der Waals surface area contributed by atoms with Gasteiger partial charge in [-0.15, -0.1) is 5.10 Å². The zero-order chi connectivity index (χ0) is 30.6. The molecule has 2 N–H and O–H groups in total. The van der Waals surface area contributed by atoms with Crippen LogP contribution >= 0.6 is 23.4 Å². The quantitative estimate of drug-likeness (QED) is 0.161. The first-order valence-electron chi connectivity index (χ1n) is 14.0. The monoisotopic (exact) mass is 625 g/mol. The molecule has 7 nitrogen and oxygen atoms in total. The summed E-state index contributed by atoms with van der Waals surface area (Å²) in [7, 11) is 0. The first-order chi connectivity index (χ1) is 21.4. The van der Waals surface area contributed by atoms with Crippen LogP contribution in [-0.2, 0) is 17.2 Å². The Hall–Kier alpha value is -4.60. The van der Waals surface area contributed by atoms with Gasteiger partial charge >= 0.3 is 0 Å². The van der Waals surface area contributed by atoms with Gasteiger partial charge in [0, 0.05) is 22.7 Å². The molecule has 0 spiro atoms. The number of hydrogen-bond donors (Lipinski definition) is 2. The molecule has 1 amide bonds. The molecule has 222 valence electrons. The molecule has 5 aromatic rings. The second-order valence-corrected chi connectivity index (χ2v) is 11.7. The van der Waals surface area contributed by atoms with E-state index in [1.165, 1.54) is 17.8 Å². The van der Waals surface area contributed by atoms with Crippen molar-refractivity contribution in [3.8, 4) is 5.75 Å². The molecule has 0 saturated heterocycles. The third kappa shape index (κ3) is 6.34. The summed E-state index contributed by atoms with van der Waals surface area (Å²) in [5, 5.41) is 12.1. The smallest absolute Gasteiger partial charge is 0.255 e. The molecule has 4 aromatic carbocycles. The van der Waals surface area contributed by atoms with Gasteiger partial charge in [0.2, 0.25) is 11.1 Å². The van der Waals surface area contributed by atoms with E-state index < -0.39 is 11.9 Å². The average molecular weight is 626 g/mol. The Morgan fingerprint density at radius 2 is 1.75 bits per heavy atom. The largest absolute Gasteiger partial charge is 0.489 e. The van der Waals surface area contributed by atoms with Gasteiger partial charge in [0.05, 0.1) is 10.6 Å². The van der Waals surface area contributed by atoms with Gasteiger partial charge in [0.15, 0.2) is 0 Å². The van der Waals surface area contributed by atoms with Gasteiger partial charge in [-0.2, -0.15) is 4.98 Å².